The molecule has 4 heteroatoms. The molecule has 0 aliphatic rings. The summed E-state index contributed by atoms with van der Waals surface area (Å²) >= 11 is 1.93. The molecule has 0 aliphatic carbocycles. The Kier molecular flexibility index (Phi) is 6.08. The van der Waals surface area contributed by atoms with Crippen LogP contribution in [0.5, 0.6) is 0 Å². The van der Waals surface area contributed by atoms with Gasteiger partial charge in [0.1, 0.15) is 0 Å². The van der Waals surface area contributed by atoms with Gasteiger partial charge in [-0.2, -0.15) is 11.8 Å². The van der Waals surface area contributed by atoms with E-state index in [9.17, 15) is 4.79 Å². The number of nitrogens with zero attached hydrogens (tertiary/aromatic N) is 1. The number of thioether (sulfide) groups is 1. The lowest BCUT2D eigenvalue weighted by Crippen LogP contribution is -2.20. The number of carboxylic acid groups (broad SMARTS) is 1. The van der Waals surface area contributed by atoms with Gasteiger partial charge in [-0.3, -0.25) is 0 Å². The second-order valence-electron chi connectivity index (χ2n) is 3.94. The van der Waals surface area contributed by atoms with Crippen LogP contribution in [0.2, 0.25) is 0 Å². The predicted molar refractivity (Wildman–Crippen MR) is 72.7 cm³/mol. The van der Waals surface area contributed by atoms with E-state index in [1.54, 1.807) is 12.1 Å². The van der Waals surface area contributed by atoms with Crippen LogP contribution >= 0.6 is 11.8 Å². The number of hydrogen-bond donors (Lipinski definition) is 1. The molecule has 0 heterocycles. The Morgan fingerprint density at radius 3 is 2.53 bits per heavy atom. The number of rotatable bonds is 7. The van der Waals surface area contributed by atoms with Crippen molar-refractivity contribution in [1.82, 2.24) is 4.90 Å². The van der Waals surface area contributed by atoms with Crippen LogP contribution in [0, 0.1) is 0 Å². The summed E-state index contributed by atoms with van der Waals surface area (Å²) in [4.78, 5) is 12.9. The highest BCUT2D eigenvalue weighted by molar-refractivity contribution is 7.99. The van der Waals surface area contributed by atoms with E-state index in [2.05, 4.69) is 18.9 Å². The molecule has 1 rings (SSSR count). The molecule has 0 fully saturated rings. The Bertz CT molecular complexity index is 351. The van der Waals surface area contributed by atoms with E-state index in [0.717, 1.165) is 30.2 Å². The Morgan fingerprint density at radius 1 is 1.35 bits per heavy atom. The summed E-state index contributed by atoms with van der Waals surface area (Å²) < 4.78 is 0. The van der Waals surface area contributed by atoms with Gasteiger partial charge in [0.25, 0.3) is 0 Å². The van der Waals surface area contributed by atoms with Gasteiger partial charge in [-0.25, -0.2) is 4.79 Å². The molecule has 3 nitrogen and oxygen atoms in total. The zero-order valence-corrected chi connectivity index (χ0v) is 11.2. The lowest BCUT2D eigenvalue weighted by molar-refractivity contribution is 0.0697. The molecule has 17 heavy (non-hydrogen) atoms. The van der Waals surface area contributed by atoms with Gasteiger partial charge < -0.3 is 10.0 Å². The van der Waals surface area contributed by atoms with Crippen molar-refractivity contribution >= 4 is 17.7 Å². The van der Waals surface area contributed by atoms with Crippen LogP contribution in [0.4, 0.5) is 0 Å². The second-order valence-corrected chi connectivity index (χ2v) is 5.33. The van der Waals surface area contributed by atoms with Gasteiger partial charge >= 0.3 is 5.97 Å². The van der Waals surface area contributed by atoms with Crippen LogP contribution in [-0.2, 0) is 6.54 Å². The summed E-state index contributed by atoms with van der Waals surface area (Å²) in [5.74, 6) is 1.42. The van der Waals surface area contributed by atoms with Gasteiger partial charge in [-0.05, 0) is 30.5 Å². The third kappa shape index (κ3) is 5.24. The highest BCUT2D eigenvalue weighted by atomic mass is 32.2. The molecule has 0 amide bonds. The van der Waals surface area contributed by atoms with Crippen LogP contribution in [0.25, 0.3) is 0 Å². The number of benzene rings is 1. The maximum absolute atomic E-state index is 10.7. The lowest BCUT2D eigenvalue weighted by atomic mass is 10.1. The first kappa shape index (κ1) is 14.1. The van der Waals surface area contributed by atoms with Crippen molar-refractivity contribution in [2.24, 2.45) is 0 Å². The van der Waals surface area contributed by atoms with Gasteiger partial charge in [0.05, 0.1) is 5.56 Å². The first-order chi connectivity index (χ1) is 8.13. The van der Waals surface area contributed by atoms with Crippen LogP contribution in [0.1, 0.15) is 22.8 Å². The third-order valence-electron chi connectivity index (χ3n) is 2.47. The summed E-state index contributed by atoms with van der Waals surface area (Å²) in [6, 6.07) is 7.08. The molecule has 0 unspecified atom stereocenters. The van der Waals surface area contributed by atoms with E-state index >= 15 is 0 Å². The summed E-state index contributed by atoms with van der Waals surface area (Å²) in [6.07, 6.45) is 0. The molecule has 0 spiro atoms. The molecule has 0 saturated heterocycles. The lowest BCUT2D eigenvalue weighted by Gasteiger charge is -2.16. The fourth-order valence-corrected chi connectivity index (χ4v) is 2.24. The molecule has 0 saturated carbocycles. The fourth-order valence-electron chi connectivity index (χ4n) is 1.51. The molecule has 0 aliphatic heterocycles. The molecular weight excluding hydrogens is 234 g/mol. The fraction of sp³-hybridized carbons (Fsp3) is 0.462. The van der Waals surface area contributed by atoms with E-state index in [-0.39, 0.29) is 0 Å². The highest BCUT2D eigenvalue weighted by Gasteiger charge is 2.03. The number of carbonyl (C=O) groups is 1. The van der Waals surface area contributed by atoms with Crippen molar-refractivity contribution in [2.75, 3.05) is 25.1 Å². The largest absolute Gasteiger partial charge is 0.478 e. The smallest absolute Gasteiger partial charge is 0.335 e. The van der Waals surface area contributed by atoms with E-state index < -0.39 is 5.97 Å². The van der Waals surface area contributed by atoms with Gasteiger partial charge in [0.15, 0.2) is 0 Å². The van der Waals surface area contributed by atoms with Crippen molar-refractivity contribution in [3.05, 3.63) is 35.4 Å². The van der Waals surface area contributed by atoms with Gasteiger partial charge in [0.2, 0.25) is 0 Å². The van der Waals surface area contributed by atoms with E-state index in [0.29, 0.717) is 5.56 Å². The van der Waals surface area contributed by atoms with E-state index in [4.69, 9.17) is 5.11 Å². The minimum Gasteiger partial charge on any atom is -0.478 e. The molecule has 1 aromatic carbocycles. The molecule has 0 atom stereocenters. The first-order valence-corrected chi connectivity index (χ1v) is 6.87. The standard InChI is InChI=1S/C13H19NO2S/c1-3-17-9-8-14(2)10-11-4-6-12(7-5-11)13(15)16/h4-7H,3,8-10H2,1-2H3,(H,15,16). The van der Waals surface area contributed by atoms with Crippen molar-refractivity contribution in [1.29, 1.82) is 0 Å². The summed E-state index contributed by atoms with van der Waals surface area (Å²) in [7, 11) is 2.08. The van der Waals surface area contributed by atoms with Crippen LogP contribution in [0.3, 0.4) is 0 Å². The van der Waals surface area contributed by atoms with Gasteiger partial charge in [-0.15, -0.1) is 0 Å². The third-order valence-corrected chi connectivity index (χ3v) is 3.35. The normalized spacial score (nSPS) is 10.8. The molecule has 0 bridgehead atoms. The topological polar surface area (TPSA) is 40.5 Å². The van der Waals surface area contributed by atoms with E-state index in [1.165, 1.54) is 0 Å². The molecule has 0 radical (unpaired) electrons. The quantitative estimate of drug-likeness (QED) is 0.758. The Balaban J connectivity index is 2.43. The van der Waals surface area contributed by atoms with Crippen LogP contribution in [0.15, 0.2) is 24.3 Å². The minimum atomic E-state index is -0.871. The zero-order valence-electron chi connectivity index (χ0n) is 10.3. The number of aromatic carboxylic acids is 1. The first-order valence-electron chi connectivity index (χ1n) is 5.72. The van der Waals surface area contributed by atoms with Crippen molar-refractivity contribution in [3.8, 4) is 0 Å². The maximum atomic E-state index is 10.7. The molecule has 94 valence electrons. The minimum absolute atomic E-state index is 0.345. The van der Waals surface area contributed by atoms with Crippen molar-refractivity contribution in [3.63, 3.8) is 0 Å². The van der Waals surface area contributed by atoms with E-state index in [1.807, 2.05) is 23.9 Å². The van der Waals surface area contributed by atoms with Crippen molar-refractivity contribution in [2.45, 2.75) is 13.5 Å². The summed E-state index contributed by atoms with van der Waals surface area (Å²) in [5.41, 5.74) is 1.50. The van der Waals surface area contributed by atoms with Gasteiger partial charge in [0, 0.05) is 18.8 Å². The Morgan fingerprint density at radius 2 is 2.00 bits per heavy atom. The maximum Gasteiger partial charge on any atom is 0.335 e. The summed E-state index contributed by atoms with van der Waals surface area (Å²) in [6.45, 7) is 4.08. The van der Waals surface area contributed by atoms with Crippen LogP contribution < -0.4 is 0 Å². The van der Waals surface area contributed by atoms with Crippen molar-refractivity contribution < 1.29 is 9.90 Å². The highest BCUT2D eigenvalue weighted by Crippen LogP contribution is 2.07. The molecular formula is C13H19NO2S. The Labute approximate surface area is 107 Å². The molecule has 1 N–H and O–H groups in total. The number of hydrogen-bond acceptors (Lipinski definition) is 3. The predicted octanol–water partition coefficient (Wildman–Crippen LogP) is 2.57. The molecule has 1 aromatic rings. The SMILES string of the molecule is CCSCCN(C)Cc1ccc(C(=O)O)cc1. The number of carboxylic acids is 1. The average Bonchev–Trinajstić information content (AvgIpc) is 2.30. The Hall–Kier alpha value is -1.00. The molecule has 0 aromatic heterocycles. The second kappa shape index (κ2) is 7.35. The monoisotopic (exact) mass is 253 g/mol. The van der Waals surface area contributed by atoms with Gasteiger partial charge in [-0.1, -0.05) is 19.1 Å². The zero-order chi connectivity index (χ0) is 12.7. The summed E-state index contributed by atoms with van der Waals surface area (Å²) in [5, 5.41) is 8.79. The average molecular weight is 253 g/mol. The van der Waals surface area contributed by atoms with Crippen LogP contribution in [-0.4, -0.2) is 41.1 Å².